The van der Waals surface area contributed by atoms with Crippen molar-refractivity contribution in [2.45, 2.75) is 26.0 Å². The second-order valence-corrected chi connectivity index (χ2v) is 10.5. The molecule has 3 aromatic carbocycles. The van der Waals surface area contributed by atoms with Crippen molar-refractivity contribution in [2.75, 3.05) is 32.1 Å². The van der Waals surface area contributed by atoms with Crippen LogP contribution in [0.4, 0.5) is 14.9 Å². The number of urea groups is 1. The maximum atomic E-state index is 13.9. The van der Waals surface area contributed by atoms with Crippen LogP contribution < -0.4 is 10.1 Å². The molecule has 2 N–H and O–H groups in total. The van der Waals surface area contributed by atoms with Gasteiger partial charge in [-0.15, -0.1) is 0 Å². The molecular formula is C32H33FN4O4. The number of hydrogen-bond donors (Lipinski definition) is 2. The van der Waals surface area contributed by atoms with E-state index in [1.54, 1.807) is 48.2 Å². The molecular weight excluding hydrogens is 523 g/mol. The summed E-state index contributed by atoms with van der Waals surface area (Å²) >= 11 is 0. The van der Waals surface area contributed by atoms with Crippen molar-refractivity contribution < 1.29 is 23.8 Å². The molecule has 5 rings (SSSR count). The number of pyridine rings is 1. The van der Waals surface area contributed by atoms with Crippen LogP contribution in [0.5, 0.6) is 5.88 Å². The number of benzene rings is 3. The van der Waals surface area contributed by atoms with Crippen molar-refractivity contribution in [3.05, 3.63) is 90.4 Å². The summed E-state index contributed by atoms with van der Waals surface area (Å²) in [6.07, 6.45) is 1.03. The van der Waals surface area contributed by atoms with Crippen LogP contribution >= 0.6 is 0 Å². The van der Waals surface area contributed by atoms with E-state index < -0.39 is 18.0 Å². The fraction of sp³-hybridized carbons (Fsp3) is 0.281. The second-order valence-electron chi connectivity index (χ2n) is 10.5. The van der Waals surface area contributed by atoms with Gasteiger partial charge in [-0.05, 0) is 42.1 Å². The van der Waals surface area contributed by atoms with Crippen molar-refractivity contribution in [1.82, 2.24) is 14.8 Å². The number of aliphatic hydroxyl groups is 1. The number of likely N-dealkylation sites (N-methyl/N-ethyl adjacent to an activating group) is 1. The Morgan fingerprint density at radius 3 is 2.68 bits per heavy atom. The predicted molar refractivity (Wildman–Crippen MR) is 156 cm³/mol. The van der Waals surface area contributed by atoms with E-state index in [0.29, 0.717) is 23.4 Å². The van der Waals surface area contributed by atoms with E-state index in [-0.39, 0.29) is 42.5 Å². The summed E-state index contributed by atoms with van der Waals surface area (Å²) in [5.41, 5.74) is 2.06. The van der Waals surface area contributed by atoms with Crippen LogP contribution in [0.15, 0.2) is 79.0 Å². The fourth-order valence-corrected chi connectivity index (χ4v) is 5.04. The molecule has 4 aromatic rings. The molecule has 3 atom stereocenters. The maximum absolute atomic E-state index is 13.9. The summed E-state index contributed by atoms with van der Waals surface area (Å²) in [5, 5.41) is 14.9. The number of hydrogen-bond acceptors (Lipinski definition) is 5. The van der Waals surface area contributed by atoms with Crippen molar-refractivity contribution in [3.8, 4) is 17.0 Å². The number of anilines is 1. The number of carbonyl (C=O) groups excluding carboxylic acids is 2. The van der Waals surface area contributed by atoms with Gasteiger partial charge < -0.3 is 25.0 Å². The van der Waals surface area contributed by atoms with Gasteiger partial charge in [0.1, 0.15) is 17.5 Å². The van der Waals surface area contributed by atoms with Gasteiger partial charge in [-0.25, -0.2) is 14.2 Å². The van der Waals surface area contributed by atoms with Crippen LogP contribution in [0.2, 0.25) is 0 Å². The van der Waals surface area contributed by atoms with E-state index in [1.165, 1.54) is 12.1 Å². The summed E-state index contributed by atoms with van der Waals surface area (Å²) < 4.78 is 20.2. The van der Waals surface area contributed by atoms with Crippen molar-refractivity contribution >= 4 is 28.4 Å². The van der Waals surface area contributed by atoms with Crippen LogP contribution in [0.25, 0.3) is 21.9 Å². The third-order valence-corrected chi connectivity index (χ3v) is 7.51. The minimum Gasteiger partial charge on any atom is -0.472 e. The molecule has 0 saturated heterocycles. The Labute approximate surface area is 238 Å². The number of carbonyl (C=O) groups is 2. The third-order valence-electron chi connectivity index (χ3n) is 7.51. The molecule has 0 unspecified atom stereocenters. The number of amides is 3. The van der Waals surface area contributed by atoms with Crippen LogP contribution in [0.3, 0.4) is 0 Å². The normalized spacial score (nSPS) is 17.7. The molecule has 0 spiro atoms. The van der Waals surface area contributed by atoms with Crippen molar-refractivity contribution in [3.63, 3.8) is 0 Å². The number of rotatable bonds is 6. The number of halogens is 1. The highest BCUT2D eigenvalue weighted by molar-refractivity contribution is 6.01. The molecule has 1 aromatic heterocycles. The average Bonchev–Trinajstić information content (AvgIpc) is 2.98. The minimum absolute atomic E-state index is 0.129. The molecule has 0 radical (unpaired) electrons. The molecule has 0 aliphatic carbocycles. The molecule has 1 aliphatic rings. The van der Waals surface area contributed by atoms with Gasteiger partial charge in [-0.3, -0.25) is 4.79 Å². The number of nitrogens with one attached hydrogen (secondary N) is 1. The SMILES string of the molecule is C[C@H](CO)N1C[C@H](C)[C@H](CN(C)C(=O)Nc2cccc3ccccc23)Oc2ncc(-c3cccc(F)c3)cc2C1=O. The zero-order chi connectivity index (χ0) is 29.1. The zero-order valence-electron chi connectivity index (χ0n) is 23.3. The number of ether oxygens (including phenoxy) is 1. The summed E-state index contributed by atoms with van der Waals surface area (Å²) in [5.74, 6) is -0.797. The first-order valence-corrected chi connectivity index (χ1v) is 13.6. The van der Waals surface area contributed by atoms with Crippen LogP contribution in [-0.4, -0.2) is 70.7 Å². The first-order valence-electron chi connectivity index (χ1n) is 13.6. The van der Waals surface area contributed by atoms with Crippen LogP contribution in [0.1, 0.15) is 24.2 Å². The molecule has 212 valence electrons. The van der Waals surface area contributed by atoms with Gasteiger partial charge in [0.25, 0.3) is 5.91 Å². The molecule has 2 heterocycles. The van der Waals surface area contributed by atoms with Gasteiger partial charge >= 0.3 is 6.03 Å². The molecule has 9 heteroatoms. The Morgan fingerprint density at radius 2 is 1.90 bits per heavy atom. The van der Waals surface area contributed by atoms with Crippen molar-refractivity contribution in [1.29, 1.82) is 0 Å². The van der Waals surface area contributed by atoms with E-state index in [2.05, 4.69) is 10.3 Å². The second kappa shape index (κ2) is 11.9. The summed E-state index contributed by atoms with van der Waals surface area (Å²) in [6.45, 7) is 4.02. The summed E-state index contributed by atoms with van der Waals surface area (Å²) in [6, 6.07) is 20.5. The molecule has 0 bridgehead atoms. The topological polar surface area (TPSA) is 95.0 Å². The van der Waals surface area contributed by atoms with Crippen LogP contribution in [-0.2, 0) is 0 Å². The van der Waals surface area contributed by atoms with E-state index >= 15 is 0 Å². The highest BCUT2D eigenvalue weighted by Crippen LogP contribution is 2.31. The van der Waals surface area contributed by atoms with E-state index in [4.69, 9.17) is 4.74 Å². The lowest BCUT2D eigenvalue weighted by atomic mass is 9.99. The fourth-order valence-electron chi connectivity index (χ4n) is 5.04. The predicted octanol–water partition coefficient (Wildman–Crippen LogP) is 5.42. The highest BCUT2D eigenvalue weighted by Gasteiger charge is 2.35. The van der Waals surface area contributed by atoms with Gasteiger partial charge in [-0.2, -0.15) is 0 Å². The Morgan fingerprint density at radius 1 is 1.15 bits per heavy atom. The lowest BCUT2D eigenvalue weighted by molar-refractivity contribution is 0.0356. The minimum atomic E-state index is -0.508. The van der Waals surface area contributed by atoms with Gasteiger partial charge in [-0.1, -0.05) is 55.5 Å². The standard InChI is InChI=1S/C32H33FN4O4/c1-20-17-37(21(2)19-38)31(39)27-15-24(23-10-6-11-25(33)14-23)16-34-30(27)41-29(20)18-36(3)32(40)35-28-13-7-9-22-8-4-5-12-26(22)28/h4-16,20-21,29,38H,17-19H2,1-3H3,(H,35,40)/t20-,21+,29-/m0/s1. The monoisotopic (exact) mass is 556 g/mol. The first kappa shape index (κ1) is 28.0. The molecule has 0 saturated carbocycles. The third kappa shape index (κ3) is 6.00. The van der Waals surface area contributed by atoms with Gasteiger partial charge in [0.05, 0.1) is 24.9 Å². The molecule has 1 aliphatic heterocycles. The lowest BCUT2D eigenvalue weighted by Crippen LogP contribution is -2.50. The average molecular weight is 557 g/mol. The quantitative estimate of drug-likeness (QED) is 0.331. The Balaban J connectivity index is 1.42. The maximum Gasteiger partial charge on any atom is 0.321 e. The van der Waals surface area contributed by atoms with Gasteiger partial charge in [0, 0.05) is 36.7 Å². The Kier molecular flexibility index (Phi) is 8.16. The first-order chi connectivity index (χ1) is 19.7. The lowest BCUT2D eigenvalue weighted by Gasteiger charge is -2.37. The Hall–Kier alpha value is -4.50. The molecule has 0 fully saturated rings. The van der Waals surface area contributed by atoms with E-state index in [9.17, 15) is 19.1 Å². The molecule has 41 heavy (non-hydrogen) atoms. The molecule has 8 nitrogen and oxygen atoms in total. The Bertz CT molecular complexity index is 1570. The number of aliphatic hydroxyl groups excluding tert-OH is 1. The highest BCUT2D eigenvalue weighted by atomic mass is 19.1. The van der Waals surface area contributed by atoms with E-state index in [1.807, 2.05) is 49.4 Å². The van der Waals surface area contributed by atoms with E-state index in [0.717, 1.165) is 10.8 Å². The largest absolute Gasteiger partial charge is 0.472 e. The number of fused-ring (bicyclic) bond motifs is 2. The number of aromatic nitrogens is 1. The molecule has 3 amide bonds. The zero-order valence-corrected chi connectivity index (χ0v) is 23.3. The van der Waals surface area contributed by atoms with Crippen LogP contribution in [0, 0.1) is 11.7 Å². The number of nitrogens with zero attached hydrogens (tertiary/aromatic N) is 3. The van der Waals surface area contributed by atoms with Crippen molar-refractivity contribution in [2.24, 2.45) is 5.92 Å². The smallest absolute Gasteiger partial charge is 0.321 e. The summed E-state index contributed by atoms with van der Waals surface area (Å²) in [7, 11) is 1.69. The van der Waals surface area contributed by atoms with Gasteiger partial charge in [0.15, 0.2) is 0 Å². The van der Waals surface area contributed by atoms with Gasteiger partial charge in [0.2, 0.25) is 5.88 Å². The summed E-state index contributed by atoms with van der Waals surface area (Å²) in [4.78, 5) is 34.5.